The van der Waals surface area contributed by atoms with E-state index in [1.165, 1.54) is 0 Å². The maximum atomic E-state index is 11.6. The predicted octanol–water partition coefficient (Wildman–Crippen LogP) is 3.39. The first-order valence-electron chi connectivity index (χ1n) is 5.16. The summed E-state index contributed by atoms with van der Waals surface area (Å²) in [7, 11) is 0. The minimum Gasteiger partial charge on any atom is -0.349 e. The van der Waals surface area contributed by atoms with Gasteiger partial charge in [0.1, 0.15) is 0 Å². The topological polar surface area (TPSA) is 29.1 Å². The van der Waals surface area contributed by atoms with Crippen LogP contribution in [0.2, 0.25) is 5.02 Å². The molecular weight excluding hydrogens is 245 g/mol. The average Bonchev–Trinajstić information content (AvgIpc) is 2.28. The molecule has 0 spiro atoms. The monoisotopic (exact) mass is 259 g/mol. The summed E-state index contributed by atoms with van der Waals surface area (Å²) in [6.45, 7) is 3.74. The van der Waals surface area contributed by atoms with E-state index >= 15 is 0 Å². The zero-order valence-electron chi connectivity index (χ0n) is 9.34. The number of carbonyl (C=O) groups excluding carboxylic acids is 1. The SMILES string of the molecule is CC(CCl)C(=O)NC(C)c1ccc(Cl)cc1. The van der Waals surface area contributed by atoms with Crippen molar-refractivity contribution >= 4 is 29.1 Å². The van der Waals surface area contributed by atoms with Gasteiger partial charge < -0.3 is 5.32 Å². The highest BCUT2D eigenvalue weighted by Crippen LogP contribution is 2.16. The van der Waals surface area contributed by atoms with Crippen LogP contribution in [0.5, 0.6) is 0 Å². The lowest BCUT2D eigenvalue weighted by Gasteiger charge is -2.16. The number of hydrogen-bond donors (Lipinski definition) is 1. The van der Waals surface area contributed by atoms with Gasteiger partial charge in [-0.1, -0.05) is 30.7 Å². The van der Waals surface area contributed by atoms with Gasteiger partial charge in [-0.2, -0.15) is 0 Å². The lowest BCUT2D eigenvalue weighted by atomic mass is 10.1. The molecule has 16 heavy (non-hydrogen) atoms. The Morgan fingerprint density at radius 1 is 1.31 bits per heavy atom. The molecule has 1 rings (SSSR count). The quantitative estimate of drug-likeness (QED) is 0.826. The Kier molecular flexibility index (Phi) is 5.10. The summed E-state index contributed by atoms with van der Waals surface area (Å²) in [5, 5.41) is 3.59. The molecule has 88 valence electrons. The van der Waals surface area contributed by atoms with E-state index < -0.39 is 0 Å². The highest BCUT2D eigenvalue weighted by atomic mass is 35.5. The standard InChI is InChI=1S/C12H15Cl2NO/c1-8(7-13)12(16)15-9(2)10-3-5-11(14)6-4-10/h3-6,8-9H,7H2,1-2H3,(H,15,16). The van der Waals surface area contributed by atoms with Crippen molar-refractivity contribution in [1.29, 1.82) is 0 Å². The van der Waals surface area contributed by atoms with Gasteiger partial charge in [0.2, 0.25) is 5.91 Å². The van der Waals surface area contributed by atoms with Crippen molar-refractivity contribution in [3.63, 3.8) is 0 Å². The second kappa shape index (κ2) is 6.12. The van der Waals surface area contributed by atoms with Crippen LogP contribution in [0.25, 0.3) is 0 Å². The second-order valence-electron chi connectivity index (χ2n) is 3.84. The van der Waals surface area contributed by atoms with Crippen LogP contribution in [0.1, 0.15) is 25.5 Å². The smallest absolute Gasteiger partial charge is 0.224 e. The van der Waals surface area contributed by atoms with Crippen molar-refractivity contribution in [3.05, 3.63) is 34.9 Å². The maximum absolute atomic E-state index is 11.6. The molecule has 0 bridgehead atoms. The van der Waals surface area contributed by atoms with Gasteiger partial charge in [-0.15, -0.1) is 11.6 Å². The van der Waals surface area contributed by atoms with Crippen LogP contribution in [0.15, 0.2) is 24.3 Å². The zero-order chi connectivity index (χ0) is 12.1. The highest BCUT2D eigenvalue weighted by Gasteiger charge is 2.14. The third kappa shape index (κ3) is 3.69. The molecule has 1 amide bonds. The summed E-state index contributed by atoms with van der Waals surface area (Å²) in [6, 6.07) is 7.39. The molecule has 1 aromatic carbocycles. The van der Waals surface area contributed by atoms with E-state index in [1.807, 2.05) is 31.2 Å². The normalized spacial score (nSPS) is 14.2. The van der Waals surface area contributed by atoms with Crippen molar-refractivity contribution in [1.82, 2.24) is 5.32 Å². The third-order valence-electron chi connectivity index (χ3n) is 2.41. The van der Waals surface area contributed by atoms with Gasteiger partial charge in [-0.3, -0.25) is 4.79 Å². The van der Waals surface area contributed by atoms with Crippen molar-refractivity contribution in [2.24, 2.45) is 5.92 Å². The molecule has 0 aromatic heterocycles. The number of amides is 1. The molecular formula is C12H15Cl2NO. The lowest BCUT2D eigenvalue weighted by Crippen LogP contribution is -2.32. The fraction of sp³-hybridized carbons (Fsp3) is 0.417. The Morgan fingerprint density at radius 2 is 1.88 bits per heavy atom. The van der Waals surface area contributed by atoms with E-state index in [9.17, 15) is 4.79 Å². The van der Waals surface area contributed by atoms with Crippen LogP contribution in [-0.2, 0) is 4.79 Å². The van der Waals surface area contributed by atoms with Crippen LogP contribution in [0.3, 0.4) is 0 Å². The maximum Gasteiger partial charge on any atom is 0.224 e. The Labute approximate surface area is 106 Å². The van der Waals surface area contributed by atoms with E-state index in [-0.39, 0.29) is 17.9 Å². The van der Waals surface area contributed by atoms with E-state index in [2.05, 4.69) is 5.32 Å². The largest absolute Gasteiger partial charge is 0.349 e. The first-order chi connectivity index (χ1) is 7.54. The molecule has 0 aliphatic heterocycles. The van der Waals surface area contributed by atoms with Gasteiger partial charge >= 0.3 is 0 Å². The molecule has 1 aromatic rings. The van der Waals surface area contributed by atoms with Crippen LogP contribution in [-0.4, -0.2) is 11.8 Å². The Morgan fingerprint density at radius 3 is 2.38 bits per heavy atom. The highest BCUT2D eigenvalue weighted by molar-refractivity contribution is 6.30. The number of alkyl halides is 1. The predicted molar refractivity (Wildman–Crippen MR) is 67.9 cm³/mol. The summed E-state index contributed by atoms with van der Waals surface area (Å²) >= 11 is 11.4. The van der Waals surface area contributed by atoms with Crippen LogP contribution in [0, 0.1) is 5.92 Å². The van der Waals surface area contributed by atoms with Crippen LogP contribution >= 0.6 is 23.2 Å². The van der Waals surface area contributed by atoms with Gasteiger partial charge in [0.25, 0.3) is 0 Å². The molecule has 4 heteroatoms. The Hall–Kier alpha value is -0.730. The molecule has 0 saturated carbocycles. The molecule has 0 aliphatic rings. The third-order valence-corrected chi connectivity index (χ3v) is 3.12. The Bertz CT molecular complexity index is 351. The zero-order valence-corrected chi connectivity index (χ0v) is 10.8. The molecule has 2 unspecified atom stereocenters. The molecule has 0 heterocycles. The molecule has 0 aliphatic carbocycles. The van der Waals surface area contributed by atoms with Gasteiger partial charge in [-0.25, -0.2) is 0 Å². The average molecular weight is 260 g/mol. The number of rotatable bonds is 4. The minimum absolute atomic E-state index is 0.0301. The van der Waals surface area contributed by atoms with Gasteiger partial charge in [-0.05, 0) is 24.6 Å². The second-order valence-corrected chi connectivity index (χ2v) is 4.58. The van der Waals surface area contributed by atoms with E-state index in [0.29, 0.717) is 10.9 Å². The van der Waals surface area contributed by atoms with Gasteiger partial charge in [0.15, 0.2) is 0 Å². The molecule has 1 N–H and O–H groups in total. The first kappa shape index (κ1) is 13.3. The van der Waals surface area contributed by atoms with Crippen LogP contribution < -0.4 is 5.32 Å². The summed E-state index contributed by atoms with van der Waals surface area (Å²) in [5.41, 5.74) is 1.03. The molecule has 2 atom stereocenters. The van der Waals surface area contributed by atoms with Crippen molar-refractivity contribution < 1.29 is 4.79 Å². The summed E-state index contributed by atoms with van der Waals surface area (Å²) in [6.07, 6.45) is 0. The summed E-state index contributed by atoms with van der Waals surface area (Å²) in [4.78, 5) is 11.6. The number of hydrogen-bond acceptors (Lipinski definition) is 1. The molecule has 2 nitrogen and oxygen atoms in total. The number of carbonyl (C=O) groups is 1. The molecule has 0 radical (unpaired) electrons. The van der Waals surface area contributed by atoms with Gasteiger partial charge in [0, 0.05) is 16.8 Å². The fourth-order valence-corrected chi connectivity index (χ4v) is 1.53. The number of halogens is 2. The van der Waals surface area contributed by atoms with Crippen molar-refractivity contribution in [2.75, 3.05) is 5.88 Å². The number of nitrogens with one attached hydrogen (secondary N) is 1. The van der Waals surface area contributed by atoms with Crippen molar-refractivity contribution in [3.8, 4) is 0 Å². The van der Waals surface area contributed by atoms with E-state index in [4.69, 9.17) is 23.2 Å². The van der Waals surface area contributed by atoms with Crippen LogP contribution in [0.4, 0.5) is 0 Å². The number of benzene rings is 1. The van der Waals surface area contributed by atoms with Crippen molar-refractivity contribution in [2.45, 2.75) is 19.9 Å². The Balaban J connectivity index is 2.62. The van der Waals surface area contributed by atoms with Gasteiger partial charge in [0.05, 0.1) is 6.04 Å². The lowest BCUT2D eigenvalue weighted by molar-refractivity contribution is -0.124. The first-order valence-corrected chi connectivity index (χ1v) is 6.07. The van der Waals surface area contributed by atoms with E-state index in [0.717, 1.165) is 5.56 Å². The van der Waals surface area contributed by atoms with E-state index in [1.54, 1.807) is 6.92 Å². The molecule has 0 fully saturated rings. The summed E-state index contributed by atoms with van der Waals surface area (Å²) < 4.78 is 0. The fourth-order valence-electron chi connectivity index (χ4n) is 1.26. The summed E-state index contributed by atoms with van der Waals surface area (Å²) in [5.74, 6) is 0.132. The molecule has 0 saturated heterocycles. The minimum atomic E-state index is -0.170.